The molecule has 0 fully saturated rings. The van der Waals surface area contributed by atoms with Crippen LogP contribution in [0.15, 0.2) is 18.2 Å². The summed E-state index contributed by atoms with van der Waals surface area (Å²) < 4.78 is 28.8. The second kappa shape index (κ2) is 6.15. The number of hydrogen-bond donors (Lipinski definition) is 3. The van der Waals surface area contributed by atoms with Crippen molar-refractivity contribution in [1.29, 1.82) is 0 Å². The maximum atomic E-state index is 12.0. The fraction of sp³-hybridized carbons (Fsp3) is 0.364. The van der Waals surface area contributed by atoms with Crippen LogP contribution in [-0.4, -0.2) is 42.3 Å². The summed E-state index contributed by atoms with van der Waals surface area (Å²) in [6.45, 7) is -0.566. The van der Waals surface area contributed by atoms with Crippen LogP contribution < -0.4 is 10.1 Å². The molecule has 1 aromatic rings. The molecule has 0 spiro atoms. The van der Waals surface area contributed by atoms with Crippen LogP contribution in [0.25, 0.3) is 0 Å². The fourth-order valence-electron chi connectivity index (χ4n) is 1.22. The van der Waals surface area contributed by atoms with Crippen molar-refractivity contribution in [3.05, 3.63) is 23.8 Å². The SMILES string of the molecule is COc1ccc(C(=O)NCC(O)C(F)F)cc1O. The lowest BCUT2D eigenvalue weighted by atomic mass is 10.2. The van der Waals surface area contributed by atoms with Crippen LogP contribution in [0.2, 0.25) is 0 Å². The Morgan fingerprint density at radius 2 is 2.17 bits per heavy atom. The van der Waals surface area contributed by atoms with Crippen LogP contribution in [-0.2, 0) is 0 Å². The normalized spacial score (nSPS) is 12.3. The number of ether oxygens (including phenoxy) is 1. The van der Waals surface area contributed by atoms with E-state index in [0.29, 0.717) is 0 Å². The molecule has 0 bridgehead atoms. The Morgan fingerprint density at radius 3 is 2.67 bits per heavy atom. The lowest BCUT2D eigenvalue weighted by Crippen LogP contribution is -2.35. The van der Waals surface area contributed by atoms with Gasteiger partial charge in [0.05, 0.1) is 7.11 Å². The zero-order valence-electron chi connectivity index (χ0n) is 9.56. The summed E-state index contributed by atoms with van der Waals surface area (Å²) in [4.78, 5) is 11.5. The molecule has 3 N–H and O–H groups in total. The molecule has 1 rings (SSSR count). The second-order valence-corrected chi connectivity index (χ2v) is 3.50. The smallest absolute Gasteiger partial charge is 0.265 e. The number of aromatic hydroxyl groups is 1. The third-order valence-corrected chi connectivity index (χ3v) is 2.20. The standard InChI is InChI=1S/C11H13F2NO4/c1-18-9-3-2-6(4-7(9)15)11(17)14-5-8(16)10(12)13/h2-4,8,10,15-16H,5H2,1H3,(H,14,17). The number of aliphatic hydroxyl groups excluding tert-OH is 1. The van der Waals surface area contributed by atoms with Crippen LogP contribution in [0, 0.1) is 0 Å². The van der Waals surface area contributed by atoms with Gasteiger partial charge in [-0.15, -0.1) is 0 Å². The number of aliphatic hydroxyl groups is 1. The largest absolute Gasteiger partial charge is 0.504 e. The van der Waals surface area contributed by atoms with Crippen LogP contribution in [0.3, 0.4) is 0 Å². The zero-order valence-corrected chi connectivity index (χ0v) is 9.56. The number of rotatable bonds is 5. The van der Waals surface area contributed by atoms with Gasteiger partial charge in [0.25, 0.3) is 12.3 Å². The third-order valence-electron chi connectivity index (χ3n) is 2.20. The number of nitrogens with one attached hydrogen (secondary N) is 1. The maximum absolute atomic E-state index is 12.0. The van der Waals surface area contributed by atoms with Gasteiger partial charge in [-0.3, -0.25) is 4.79 Å². The summed E-state index contributed by atoms with van der Waals surface area (Å²) in [7, 11) is 1.35. The number of phenolic OH excluding ortho intramolecular Hbond substituents is 1. The van der Waals surface area contributed by atoms with Crippen LogP contribution in [0.5, 0.6) is 11.5 Å². The topological polar surface area (TPSA) is 78.8 Å². The summed E-state index contributed by atoms with van der Waals surface area (Å²) in [5.41, 5.74) is 0.0785. The van der Waals surface area contributed by atoms with E-state index in [4.69, 9.17) is 9.84 Å². The van der Waals surface area contributed by atoms with Crippen molar-refractivity contribution in [2.45, 2.75) is 12.5 Å². The van der Waals surface area contributed by atoms with Gasteiger partial charge in [-0.25, -0.2) is 8.78 Å². The molecule has 18 heavy (non-hydrogen) atoms. The summed E-state index contributed by atoms with van der Waals surface area (Å²) >= 11 is 0. The molecule has 7 heteroatoms. The number of halogens is 2. The van der Waals surface area contributed by atoms with Crippen LogP contribution >= 0.6 is 0 Å². The van der Waals surface area contributed by atoms with Gasteiger partial charge in [-0.05, 0) is 18.2 Å². The summed E-state index contributed by atoms with van der Waals surface area (Å²) in [5.74, 6) is -0.716. The first-order valence-electron chi connectivity index (χ1n) is 5.07. The molecule has 0 saturated carbocycles. The summed E-state index contributed by atoms with van der Waals surface area (Å²) in [6, 6.07) is 3.87. The van der Waals surface area contributed by atoms with Crippen LogP contribution in [0.1, 0.15) is 10.4 Å². The molecule has 1 atom stereocenters. The fourth-order valence-corrected chi connectivity index (χ4v) is 1.22. The highest BCUT2D eigenvalue weighted by molar-refractivity contribution is 5.94. The molecular formula is C11H13F2NO4. The predicted molar refractivity (Wildman–Crippen MR) is 59.0 cm³/mol. The summed E-state index contributed by atoms with van der Waals surface area (Å²) in [6.07, 6.45) is -4.84. The number of amides is 1. The zero-order chi connectivity index (χ0) is 13.7. The minimum atomic E-state index is -2.92. The molecule has 1 amide bonds. The molecule has 5 nitrogen and oxygen atoms in total. The maximum Gasteiger partial charge on any atom is 0.265 e. The van der Waals surface area contributed by atoms with Crippen molar-refractivity contribution < 1.29 is 28.5 Å². The molecule has 1 aromatic carbocycles. The first-order valence-corrected chi connectivity index (χ1v) is 5.07. The third kappa shape index (κ3) is 3.56. The van der Waals surface area contributed by atoms with Gasteiger partial charge in [-0.2, -0.15) is 0 Å². The van der Waals surface area contributed by atoms with Crippen molar-refractivity contribution in [2.24, 2.45) is 0 Å². The van der Waals surface area contributed by atoms with Crippen molar-refractivity contribution in [3.63, 3.8) is 0 Å². The van der Waals surface area contributed by atoms with Crippen molar-refractivity contribution in [1.82, 2.24) is 5.32 Å². The van der Waals surface area contributed by atoms with Gasteiger partial charge in [0.15, 0.2) is 11.5 Å². The number of carbonyl (C=O) groups is 1. The Balaban J connectivity index is 2.65. The highest BCUT2D eigenvalue weighted by atomic mass is 19.3. The van der Waals surface area contributed by atoms with E-state index in [-0.39, 0.29) is 17.1 Å². The van der Waals surface area contributed by atoms with Gasteiger partial charge >= 0.3 is 0 Å². The number of alkyl halides is 2. The highest BCUT2D eigenvalue weighted by Crippen LogP contribution is 2.26. The molecule has 0 aromatic heterocycles. The van der Waals surface area contributed by atoms with E-state index in [2.05, 4.69) is 5.32 Å². The van der Waals surface area contributed by atoms with Gasteiger partial charge in [-0.1, -0.05) is 0 Å². The number of phenols is 1. The first kappa shape index (κ1) is 14.2. The summed E-state index contributed by atoms with van der Waals surface area (Å²) in [5, 5.41) is 20.4. The lowest BCUT2D eigenvalue weighted by molar-refractivity contribution is -0.00270. The Labute approximate surface area is 102 Å². The Bertz CT molecular complexity index is 426. The van der Waals surface area contributed by atoms with E-state index in [0.717, 1.165) is 6.07 Å². The predicted octanol–water partition coefficient (Wildman–Crippen LogP) is 0.757. The Morgan fingerprint density at radius 1 is 1.50 bits per heavy atom. The van der Waals surface area contributed by atoms with Crippen LogP contribution in [0.4, 0.5) is 8.78 Å². The Hall–Kier alpha value is -1.89. The Kier molecular flexibility index (Phi) is 4.85. The van der Waals surface area contributed by atoms with E-state index in [9.17, 15) is 18.7 Å². The molecular weight excluding hydrogens is 248 g/mol. The average Bonchev–Trinajstić information content (AvgIpc) is 2.35. The molecule has 100 valence electrons. The molecule has 1 unspecified atom stereocenters. The van der Waals surface area contributed by atoms with E-state index >= 15 is 0 Å². The lowest BCUT2D eigenvalue weighted by Gasteiger charge is -2.11. The van der Waals surface area contributed by atoms with E-state index in [1.807, 2.05) is 0 Å². The van der Waals surface area contributed by atoms with Gasteiger partial charge < -0.3 is 20.3 Å². The molecule has 0 aliphatic rings. The quantitative estimate of drug-likeness (QED) is 0.731. The van der Waals surface area contributed by atoms with E-state index in [1.165, 1.54) is 19.2 Å². The minimum Gasteiger partial charge on any atom is -0.504 e. The molecule has 0 radical (unpaired) electrons. The second-order valence-electron chi connectivity index (χ2n) is 3.50. The highest BCUT2D eigenvalue weighted by Gasteiger charge is 2.18. The van der Waals surface area contributed by atoms with E-state index < -0.39 is 25.0 Å². The minimum absolute atomic E-state index is 0.0785. The number of hydrogen-bond acceptors (Lipinski definition) is 4. The molecule has 0 aliphatic heterocycles. The number of benzene rings is 1. The van der Waals surface area contributed by atoms with Crippen molar-refractivity contribution in [3.8, 4) is 11.5 Å². The average molecular weight is 261 g/mol. The molecule has 0 aliphatic carbocycles. The molecule has 0 heterocycles. The monoisotopic (exact) mass is 261 g/mol. The van der Waals surface area contributed by atoms with Crippen molar-refractivity contribution >= 4 is 5.91 Å². The van der Waals surface area contributed by atoms with E-state index in [1.54, 1.807) is 0 Å². The number of methoxy groups -OCH3 is 1. The number of carbonyl (C=O) groups excluding carboxylic acids is 1. The molecule has 0 saturated heterocycles. The van der Waals surface area contributed by atoms with Gasteiger partial charge in [0.1, 0.15) is 6.10 Å². The van der Waals surface area contributed by atoms with Gasteiger partial charge in [0.2, 0.25) is 0 Å². The first-order chi connectivity index (χ1) is 8.45. The van der Waals surface area contributed by atoms with Crippen molar-refractivity contribution in [2.75, 3.05) is 13.7 Å². The van der Waals surface area contributed by atoms with Gasteiger partial charge in [0, 0.05) is 12.1 Å².